The summed E-state index contributed by atoms with van der Waals surface area (Å²) < 4.78 is 12.3. The number of benzene rings is 2. The average Bonchev–Trinajstić information content (AvgIpc) is 2.46. The third-order valence-electron chi connectivity index (χ3n) is 2.82. The van der Waals surface area contributed by atoms with Gasteiger partial charge in [-0.15, -0.1) is 0 Å². The summed E-state index contributed by atoms with van der Waals surface area (Å²) in [5.41, 5.74) is 1.10. The highest BCUT2D eigenvalue weighted by Gasteiger charge is 2.08. The SMILES string of the molecule is COc1ccc(OCc2ccc(C(=O)O)cc2Br)c(Br)c1. The number of carboxylic acid groups (broad SMARTS) is 1. The van der Waals surface area contributed by atoms with Gasteiger partial charge in [0.05, 0.1) is 17.1 Å². The van der Waals surface area contributed by atoms with Gasteiger partial charge in [-0.05, 0) is 46.3 Å². The fourth-order valence-electron chi connectivity index (χ4n) is 1.68. The quantitative estimate of drug-likeness (QED) is 0.781. The average molecular weight is 416 g/mol. The van der Waals surface area contributed by atoms with E-state index >= 15 is 0 Å². The molecule has 0 bridgehead atoms. The fraction of sp³-hybridized carbons (Fsp3) is 0.133. The van der Waals surface area contributed by atoms with E-state index in [0.29, 0.717) is 16.8 Å². The molecule has 0 saturated carbocycles. The van der Waals surface area contributed by atoms with Gasteiger partial charge in [0.25, 0.3) is 0 Å². The zero-order valence-electron chi connectivity index (χ0n) is 11.1. The molecule has 21 heavy (non-hydrogen) atoms. The summed E-state index contributed by atoms with van der Waals surface area (Å²) >= 11 is 6.77. The Morgan fingerprint density at radius 1 is 1.14 bits per heavy atom. The van der Waals surface area contributed by atoms with E-state index in [1.807, 2.05) is 18.2 Å². The molecule has 0 amide bonds. The van der Waals surface area contributed by atoms with E-state index in [2.05, 4.69) is 31.9 Å². The van der Waals surface area contributed by atoms with Gasteiger partial charge in [-0.1, -0.05) is 22.0 Å². The van der Waals surface area contributed by atoms with Crippen LogP contribution in [0, 0.1) is 0 Å². The first kappa shape index (κ1) is 15.9. The van der Waals surface area contributed by atoms with Gasteiger partial charge in [0.1, 0.15) is 18.1 Å². The molecule has 0 saturated heterocycles. The van der Waals surface area contributed by atoms with Crippen LogP contribution < -0.4 is 9.47 Å². The number of carboxylic acids is 1. The molecule has 0 aromatic heterocycles. The Balaban J connectivity index is 2.11. The largest absolute Gasteiger partial charge is 0.497 e. The van der Waals surface area contributed by atoms with Crippen LogP contribution in [0.2, 0.25) is 0 Å². The molecular formula is C15H12Br2O4. The molecule has 2 aromatic carbocycles. The van der Waals surface area contributed by atoms with E-state index in [-0.39, 0.29) is 5.56 Å². The highest BCUT2D eigenvalue weighted by atomic mass is 79.9. The van der Waals surface area contributed by atoms with Crippen LogP contribution in [-0.2, 0) is 6.61 Å². The molecule has 0 heterocycles. The second-order valence-electron chi connectivity index (χ2n) is 4.20. The van der Waals surface area contributed by atoms with Crippen LogP contribution in [0.4, 0.5) is 0 Å². The molecular weight excluding hydrogens is 404 g/mol. The van der Waals surface area contributed by atoms with Gasteiger partial charge in [0.2, 0.25) is 0 Å². The molecule has 0 spiro atoms. The predicted molar refractivity (Wildman–Crippen MR) is 86.1 cm³/mol. The van der Waals surface area contributed by atoms with Crippen molar-refractivity contribution in [2.75, 3.05) is 7.11 Å². The number of hydrogen-bond donors (Lipinski definition) is 1. The Morgan fingerprint density at radius 3 is 2.48 bits per heavy atom. The van der Waals surface area contributed by atoms with Crippen LogP contribution in [0.1, 0.15) is 15.9 Å². The minimum atomic E-state index is -0.957. The fourth-order valence-corrected chi connectivity index (χ4v) is 2.64. The summed E-state index contributed by atoms with van der Waals surface area (Å²) in [7, 11) is 1.60. The molecule has 0 atom stereocenters. The van der Waals surface area contributed by atoms with E-state index in [0.717, 1.165) is 15.8 Å². The minimum absolute atomic E-state index is 0.233. The topological polar surface area (TPSA) is 55.8 Å². The Hall–Kier alpha value is -1.53. The molecule has 0 fully saturated rings. The van der Waals surface area contributed by atoms with E-state index in [4.69, 9.17) is 14.6 Å². The lowest BCUT2D eigenvalue weighted by atomic mass is 10.1. The van der Waals surface area contributed by atoms with Crippen LogP contribution in [0.25, 0.3) is 0 Å². The summed E-state index contributed by atoms with van der Waals surface area (Å²) in [6.07, 6.45) is 0. The zero-order chi connectivity index (χ0) is 15.4. The van der Waals surface area contributed by atoms with Crippen LogP contribution in [-0.4, -0.2) is 18.2 Å². The van der Waals surface area contributed by atoms with Crippen LogP contribution in [0.15, 0.2) is 45.3 Å². The molecule has 2 rings (SSSR count). The van der Waals surface area contributed by atoms with Crippen LogP contribution in [0.5, 0.6) is 11.5 Å². The summed E-state index contributed by atoms with van der Waals surface area (Å²) in [6.45, 7) is 0.325. The van der Waals surface area contributed by atoms with Gasteiger partial charge in [0.15, 0.2) is 0 Å². The lowest BCUT2D eigenvalue weighted by Gasteiger charge is -2.11. The maximum absolute atomic E-state index is 10.9. The zero-order valence-corrected chi connectivity index (χ0v) is 14.3. The highest BCUT2D eigenvalue weighted by Crippen LogP contribution is 2.30. The highest BCUT2D eigenvalue weighted by molar-refractivity contribution is 9.10. The van der Waals surface area contributed by atoms with E-state index in [1.165, 1.54) is 0 Å². The molecule has 2 aromatic rings. The Labute approximate surface area is 139 Å². The van der Waals surface area contributed by atoms with Crippen molar-refractivity contribution in [2.24, 2.45) is 0 Å². The van der Waals surface area contributed by atoms with Gasteiger partial charge >= 0.3 is 5.97 Å². The van der Waals surface area contributed by atoms with E-state index in [1.54, 1.807) is 25.3 Å². The van der Waals surface area contributed by atoms with Crippen molar-refractivity contribution >= 4 is 37.8 Å². The molecule has 0 aliphatic carbocycles. The normalized spacial score (nSPS) is 10.2. The molecule has 6 heteroatoms. The van der Waals surface area contributed by atoms with Crippen molar-refractivity contribution in [2.45, 2.75) is 6.61 Å². The number of rotatable bonds is 5. The number of ether oxygens (including phenoxy) is 2. The molecule has 1 N–H and O–H groups in total. The van der Waals surface area contributed by atoms with Crippen molar-refractivity contribution in [3.8, 4) is 11.5 Å². The van der Waals surface area contributed by atoms with Crippen molar-refractivity contribution in [3.05, 3.63) is 56.5 Å². The first-order chi connectivity index (χ1) is 10.0. The van der Waals surface area contributed by atoms with Gasteiger partial charge in [-0.25, -0.2) is 4.79 Å². The smallest absolute Gasteiger partial charge is 0.335 e. The summed E-state index contributed by atoms with van der Waals surface area (Å²) in [4.78, 5) is 10.9. The van der Waals surface area contributed by atoms with Gasteiger partial charge in [0, 0.05) is 10.0 Å². The van der Waals surface area contributed by atoms with Crippen LogP contribution >= 0.6 is 31.9 Å². The number of methoxy groups -OCH3 is 1. The maximum atomic E-state index is 10.9. The van der Waals surface area contributed by atoms with Gasteiger partial charge in [-0.3, -0.25) is 0 Å². The predicted octanol–water partition coefficient (Wildman–Crippen LogP) is 4.50. The van der Waals surface area contributed by atoms with Crippen molar-refractivity contribution in [3.63, 3.8) is 0 Å². The third-order valence-corrected chi connectivity index (χ3v) is 4.18. The third kappa shape index (κ3) is 3.98. The number of hydrogen-bond acceptors (Lipinski definition) is 3. The van der Waals surface area contributed by atoms with Crippen molar-refractivity contribution in [1.29, 1.82) is 0 Å². The lowest BCUT2D eigenvalue weighted by molar-refractivity contribution is 0.0696. The summed E-state index contributed by atoms with van der Waals surface area (Å²) in [6, 6.07) is 10.3. The first-order valence-electron chi connectivity index (χ1n) is 5.99. The molecule has 4 nitrogen and oxygen atoms in total. The first-order valence-corrected chi connectivity index (χ1v) is 7.58. The van der Waals surface area contributed by atoms with E-state index in [9.17, 15) is 4.79 Å². The summed E-state index contributed by atoms with van der Waals surface area (Å²) in [5, 5.41) is 8.92. The van der Waals surface area contributed by atoms with Crippen molar-refractivity contribution < 1.29 is 19.4 Å². The Kier molecular flexibility index (Phi) is 5.25. The monoisotopic (exact) mass is 414 g/mol. The number of aromatic carboxylic acids is 1. The Bertz CT molecular complexity index is 671. The summed E-state index contributed by atoms with van der Waals surface area (Å²) in [5.74, 6) is 0.465. The maximum Gasteiger partial charge on any atom is 0.335 e. The molecule has 0 unspecified atom stereocenters. The van der Waals surface area contributed by atoms with Crippen LogP contribution in [0.3, 0.4) is 0 Å². The van der Waals surface area contributed by atoms with Gasteiger partial charge in [-0.2, -0.15) is 0 Å². The van der Waals surface area contributed by atoms with Gasteiger partial charge < -0.3 is 14.6 Å². The Morgan fingerprint density at radius 2 is 1.90 bits per heavy atom. The molecule has 0 aliphatic heterocycles. The van der Waals surface area contributed by atoms with Crippen molar-refractivity contribution in [1.82, 2.24) is 0 Å². The molecule has 0 radical (unpaired) electrons. The minimum Gasteiger partial charge on any atom is -0.497 e. The number of carbonyl (C=O) groups is 1. The molecule has 0 aliphatic rings. The second kappa shape index (κ2) is 6.95. The van der Waals surface area contributed by atoms with E-state index < -0.39 is 5.97 Å². The standard InChI is InChI=1S/C15H12Br2O4/c1-20-11-4-5-14(13(17)7-11)21-8-10-3-2-9(15(18)19)6-12(10)16/h2-7H,8H2,1H3,(H,18,19). The molecule has 110 valence electrons. The second-order valence-corrected chi connectivity index (χ2v) is 5.91. The number of halogens is 2. The lowest BCUT2D eigenvalue weighted by Crippen LogP contribution is -2.00.